The van der Waals surface area contributed by atoms with Gasteiger partial charge in [-0.2, -0.15) is 4.68 Å². The quantitative estimate of drug-likeness (QED) is 0.390. The van der Waals surface area contributed by atoms with Crippen molar-refractivity contribution in [2.75, 3.05) is 0 Å². The van der Waals surface area contributed by atoms with Crippen molar-refractivity contribution >= 4 is 22.7 Å². The molecule has 7 heteroatoms. The van der Waals surface area contributed by atoms with Gasteiger partial charge in [0.25, 0.3) is 5.24 Å². The average Bonchev–Trinajstić information content (AvgIpc) is 2.30. The molecule has 0 saturated carbocycles. The largest absolute Gasteiger partial charge is 0.390 e. The zero-order valence-corrected chi connectivity index (χ0v) is 6.78. The molecule has 0 aliphatic carbocycles. The molecule has 0 aromatic carbocycles. The Morgan fingerprint density at radius 3 is 2.67 bits per heavy atom. The van der Waals surface area contributed by atoms with Crippen molar-refractivity contribution in [1.29, 1.82) is 0 Å². The maximum Gasteiger partial charge on any atom is 0.390 e. The van der Waals surface area contributed by atoms with Crippen LogP contribution in [0.4, 0.5) is 5.82 Å². The Kier molecular flexibility index (Phi) is 2.09. The highest BCUT2D eigenvalue weighted by Gasteiger charge is 2.19. The van der Waals surface area contributed by atoms with E-state index >= 15 is 0 Å². The lowest BCUT2D eigenvalue weighted by atomic mass is 10.4. The lowest BCUT2D eigenvalue weighted by Crippen LogP contribution is -2.00. The minimum atomic E-state index is -0.766. The second-order valence-corrected chi connectivity index (χ2v) is 2.39. The predicted octanol–water partition coefficient (Wildman–Crippen LogP) is 0.707. The van der Waals surface area contributed by atoms with Crippen molar-refractivity contribution in [3.8, 4) is 0 Å². The van der Waals surface area contributed by atoms with E-state index in [0.29, 0.717) is 0 Å². The number of carbonyl (C=O) groups is 1. The molecular weight excluding hydrogens is 186 g/mol. The standard InChI is InChI=1S/C5H4ClN3O3/c1-8-3(5(6)10)2-4(7-8)9(11)12/h2H,1H3. The van der Waals surface area contributed by atoms with Gasteiger partial charge in [-0.1, -0.05) is 0 Å². The zero-order chi connectivity index (χ0) is 9.30. The average molecular weight is 190 g/mol. The Hall–Kier alpha value is -1.43. The van der Waals surface area contributed by atoms with Crippen LogP contribution in [0.15, 0.2) is 6.07 Å². The molecule has 0 spiro atoms. The van der Waals surface area contributed by atoms with Crippen LogP contribution in [0, 0.1) is 10.1 Å². The van der Waals surface area contributed by atoms with Gasteiger partial charge in [-0.3, -0.25) is 4.79 Å². The van der Waals surface area contributed by atoms with Gasteiger partial charge in [-0.25, -0.2) is 0 Å². The number of hydrogen-bond donors (Lipinski definition) is 0. The van der Waals surface area contributed by atoms with Crippen LogP contribution in [0.1, 0.15) is 10.5 Å². The van der Waals surface area contributed by atoms with Crippen LogP contribution in [0.3, 0.4) is 0 Å². The van der Waals surface area contributed by atoms with Gasteiger partial charge >= 0.3 is 5.82 Å². The van der Waals surface area contributed by atoms with Gasteiger partial charge in [-0.15, -0.1) is 0 Å². The van der Waals surface area contributed by atoms with Gasteiger partial charge in [0.15, 0.2) is 0 Å². The summed E-state index contributed by atoms with van der Waals surface area (Å²) in [5, 5.41) is 12.8. The molecule has 0 amide bonds. The molecule has 0 saturated heterocycles. The highest BCUT2D eigenvalue weighted by atomic mass is 35.5. The summed E-state index contributed by atoms with van der Waals surface area (Å²) >= 11 is 5.10. The van der Waals surface area contributed by atoms with E-state index in [2.05, 4.69) is 5.10 Å². The monoisotopic (exact) mass is 189 g/mol. The summed E-state index contributed by atoms with van der Waals surface area (Å²) < 4.78 is 1.06. The van der Waals surface area contributed by atoms with Crippen LogP contribution >= 0.6 is 11.6 Å². The van der Waals surface area contributed by atoms with E-state index in [1.807, 2.05) is 0 Å². The second kappa shape index (κ2) is 2.90. The molecule has 12 heavy (non-hydrogen) atoms. The molecule has 0 fully saturated rings. The molecule has 0 aliphatic rings. The topological polar surface area (TPSA) is 78.0 Å². The fourth-order valence-electron chi connectivity index (χ4n) is 0.725. The maximum absolute atomic E-state index is 10.6. The molecule has 1 aromatic heterocycles. The first-order valence-corrected chi connectivity index (χ1v) is 3.28. The summed E-state index contributed by atoms with van der Waals surface area (Å²) in [7, 11) is 1.41. The van der Waals surface area contributed by atoms with E-state index < -0.39 is 10.2 Å². The number of carbonyl (C=O) groups excluding carboxylic acids is 1. The van der Waals surface area contributed by atoms with Crippen molar-refractivity contribution in [2.45, 2.75) is 0 Å². The summed E-state index contributed by atoms with van der Waals surface area (Å²) in [5.74, 6) is -0.387. The SMILES string of the molecule is Cn1nc([N+](=O)[O-])cc1C(=O)Cl. The molecular formula is C5H4ClN3O3. The van der Waals surface area contributed by atoms with Crippen LogP contribution in [0.5, 0.6) is 0 Å². The van der Waals surface area contributed by atoms with E-state index in [-0.39, 0.29) is 11.5 Å². The summed E-state index contributed by atoms with van der Waals surface area (Å²) in [6.07, 6.45) is 0. The Bertz CT molecular complexity index is 346. The molecule has 64 valence electrons. The van der Waals surface area contributed by atoms with Crippen LogP contribution < -0.4 is 0 Å². The molecule has 1 heterocycles. The van der Waals surface area contributed by atoms with Crippen molar-refractivity contribution in [3.63, 3.8) is 0 Å². The van der Waals surface area contributed by atoms with Gasteiger partial charge in [0, 0.05) is 0 Å². The maximum atomic E-state index is 10.6. The molecule has 0 atom stereocenters. The van der Waals surface area contributed by atoms with E-state index in [9.17, 15) is 14.9 Å². The zero-order valence-electron chi connectivity index (χ0n) is 6.02. The van der Waals surface area contributed by atoms with Gasteiger partial charge in [0.05, 0.1) is 18.2 Å². The number of aryl methyl sites for hydroxylation is 1. The van der Waals surface area contributed by atoms with Crippen LogP contribution in [-0.2, 0) is 7.05 Å². The third-order valence-electron chi connectivity index (χ3n) is 1.26. The first-order valence-electron chi connectivity index (χ1n) is 2.90. The predicted molar refractivity (Wildman–Crippen MR) is 40.0 cm³/mol. The summed E-state index contributed by atoms with van der Waals surface area (Å²) in [6.45, 7) is 0. The minimum absolute atomic E-state index is 0.00312. The van der Waals surface area contributed by atoms with E-state index in [0.717, 1.165) is 10.7 Å². The first-order chi connectivity index (χ1) is 5.52. The van der Waals surface area contributed by atoms with Gasteiger partial charge in [-0.05, 0) is 16.5 Å². The second-order valence-electron chi connectivity index (χ2n) is 2.04. The molecule has 6 nitrogen and oxygen atoms in total. The Labute approximate surface area is 71.9 Å². The third-order valence-corrected chi connectivity index (χ3v) is 1.45. The third kappa shape index (κ3) is 1.42. The Morgan fingerprint density at radius 2 is 2.42 bits per heavy atom. The lowest BCUT2D eigenvalue weighted by Gasteiger charge is -1.84. The molecule has 0 aliphatic heterocycles. The lowest BCUT2D eigenvalue weighted by molar-refractivity contribution is -0.389. The summed E-state index contributed by atoms with van der Waals surface area (Å²) in [4.78, 5) is 20.1. The van der Waals surface area contributed by atoms with Crippen molar-refractivity contribution in [3.05, 3.63) is 21.9 Å². The smallest absolute Gasteiger partial charge is 0.358 e. The molecule has 0 N–H and O–H groups in total. The highest BCUT2D eigenvalue weighted by Crippen LogP contribution is 2.12. The molecule has 0 radical (unpaired) electrons. The van der Waals surface area contributed by atoms with Crippen LogP contribution in [0.25, 0.3) is 0 Å². The van der Waals surface area contributed by atoms with E-state index in [4.69, 9.17) is 11.6 Å². The molecule has 1 rings (SSSR count). The summed E-state index contributed by atoms with van der Waals surface area (Å²) in [6, 6.07) is 1.02. The number of rotatable bonds is 2. The van der Waals surface area contributed by atoms with Crippen molar-refractivity contribution in [1.82, 2.24) is 9.78 Å². The van der Waals surface area contributed by atoms with E-state index in [1.165, 1.54) is 7.05 Å². The van der Waals surface area contributed by atoms with Crippen LogP contribution in [0.2, 0.25) is 0 Å². The fraction of sp³-hybridized carbons (Fsp3) is 0.200. The van der Waals surface area contributed by atoms with Crippen LogP contribution in [-0.4, -0.2) is 19.9 Å². The Balaban J connectivity index is 3.17. The normalized spacial score (nSPS) is 9.83. The number of halogens is 1. The number of nitro groups is 1. The molecule has 0 unspecified atom stereocenters. The van der Waals surface area contributed by atoms with Crippen molar-refractivity contribution in [2.24, 2.45) is 7.05 Å². The Morgan fingerprint density at radius 1 is 1.83 bits per heavy atom. The number of hydrogen-bond acceptors (Lipinski definition) is 4. The first kappa shape index (κ1) is 8.66. The van der Waals surface area contributed by atoms with E-state index in [1.54, 1.807) is 0 Å². The van der Waals surface area contributed by atoms with Gasteiger partial charge in [0.2, 0.25) is 0 Å². The van der Waals surface area contributed by atoms with Gasteiger partial charge in [0.1, 0.15) is 5.69 Å². The van der Waals surface area contributed by atoms with Crippen molar-refractivity contribution < 1.29 is 9.72 Å². The highest BCUT2D eigenvalue weighted by molar-refractivity contribution is 6.67. The number of nitrogens with zero attached hydrogens (tertiary/aromatic N) is 3. The summed E-state index contributed by atoms with van der Waals surface area (Å²) in [5.41, 5.74) is 0.00312. The molecule has 1 aromatic rings. The number of aromatic nitrogens is 2. The molecule has 0 bridgehead atoms. The minimum Gasteiger partial charge on any atom is -0.358 e. The van der Waals surface area contributed by atoms with Gasteiger partial charge < -0.3 is 10.1 Å². The fourth-order valence-corrected chi connectivity index (χ4v) is 0.902.